The molecule has 0 aliphatic rings. The van der Waals surface area contributed by atoms with Crippen molar-refractivity contribution in [2.45, 2.75) is 39.0 Å². The van der Waals surface area contributed by atoms with Crippen LogP contribution in [0, 0.1) is 0 Å². The van der Waals surface area contributed by atoms with Crippen LogP contribution in [-0.2, 0) is 11.2 Å². The van der Waals surface area contributed by atoms with Gasteiger partial charge in [-0.3, -0.25) is 10.2 Å². The van der Waals surface area contributed by atoms with E-state index in [-0.39, 0.29) is 5.91 Å². The third-order valence-electron chi connectivity index (χ3n) is 2.98. The summed E-state index contributed by atoms with van der Waals surface area (Å²) in [7, 11) is 1.67. The second kappa shape index (κ2) is 7.01. The zero-order chi connectivity index (χ0) is 13.5. The van der Waals surface area contributed by atoms with Gasteiger partial charge in [-0.15, -0.1) is 0 Å². The minimum absolute atomic E-state index is 0.131. The van der Waals surface area contributed by atoms with Crippen LogP contribution in [0.3, 0.4) is 0 Å². The fraction of sp³-hybridized carbons (Fsp3) is 0.500. The molecule has 0 spiro atoms. The molecule has 1 aromatic carbocycles. The summed E-state index contributed by atoms with van der Waals surface area (Å²) in [6, 6.07) is 6.23. The molecule has 0 atom stereocenters. The molecule has 3 N–H and O–H groups in total. The number of hydrogen-bond acceptors (Lipinski definition) is 3. The Hall–Kier alpha value is -1.55. The molecule has 0 radical (unpaired) electrons. The highest BCUT2D eigenvalue weighted by molar-refractivity contribution is 5.75. The number of ether oxygens (including phenoxy) is 1. The predicted molar refractivity (Wildman–Crippen MR) is 72.4 cm³/mol. The first-order valence-electron chi connectivity index (χ1n) is 6.24. The van der Waals surface area contributed by atoms with E-state index in [0.717, 1.165) is 24.2 Å². The largest absolute Gasteiger partial charge is 0.496 e. The van der Waals surface area contributed by atoms with Crippen molar-refractivity contribution in [1.82, 2.24) is 5.43 Å². The summed E-state index contributed by atoms with van der Waals surface area (Å²) in [4.78, 5) is 11.1. The van der Waals surface area contributed by atoms with Gasteiger partial charge in [0.15, 0.2) is 0 Å². The van der Waals surface area contributed by atoms with Gasteiger partial charge in [0.1, 0.15) is 5.75 Å². The molecule has 18 heavy (non-hydrogen) atoms. The number of aryl methyl sites for hydroxylation is 1. The SMILES string of the molecule is COc1ccc(C(C)C)cc1CCCC(=O)NN. The minimum Gasteiger partial charge on any atom is -0.496 e. The van der Waals surface area contributed by atoms with Gasteiger partial charge in [0, 0.05) is 6.42 Å². The Morgan fingerprint density at radius 1 is 1.44 bits per heavy atom. The Labute approximate surface area is 108 Å². The molecular formula is C14H22N2O2. The van der Waals surface area contributed by atoms with Crippen LogP contribution in [0.4, 0.5) is 0 Å². The average molecular weight is 250 g/mol. The summed E-state index contributed by atoms with van der Waals surface area (Å²) in [5.41, 5.74) is 4.57. The fourth-order valence-electron chi connectivity index (χ4n) is 1.86. The van der Waals surface area contributed by atoms with Crippen LogP contribution in [0.5, 0.6) is 5.75 Å². The van der Waals surface area contributed by atoms with Crippen LogP contribution < -0.4 is 16.0 Å². The first kappa shape index (κ1) is 14.5. The van der Waals surface area contributed by atoms with E-state index in [1.165, 1.54) is 5.56 Å². The first-order valence-corrected chi connectivity index (χ1v) is 6.24. The molecule has 0 fully saturated rings. The molecule has 1 amide bonds. The van der Waals surface area contributed by atoms with Crippen molar-refractivity contribution in [3.8, 4) is 5.75 Å². The number of rotatable bonds is 6. The zero-order valence-corrected chi connectivity index (χ0v) is 11.3. The van der Waals surface area contributed by atoms with Gasteiger partial charge in [0.2, 0.25) is 5.91 Å². The van der Waals surface area contributed by atoms with E-state index in [1.807, 2.05) is 6.07 Å². The van der Waals surface area contributed by atoms with Crippen molar-refractivity contribution in [1.29, 1.82) is 0 Å². The second-order valence-corrected chi connectivity index (χ2v) is 4.65. The van der Waals surface area contributed by atoms with Crippen LogP contribution in [0.2, 0.25) is 0 Å². The van der Waals surface area contributed by atoms with Crippen LogP contribution in [0.15, 0.2) is 18.2 Å². The molecule has 0 saturated carbocycles. The molecule has 0 aliphatic heterocycles. The Morgan fingerprint density at radius 2 is 2.17 bits per heavy atom. The lowest BCUT2D eigenvalue weighted by Crippen LogP contribution is -2.29. The Morgan fingerprint density at radius 3 is 2.72 bits per heavy atom. The van der Waals surface area contributed by atoms with Gasteiger partial charge in [0.25, 0.3) is 0 Å². The van der Waals surface area contributed by atoms with Crippen molar-refractivity contribution < 1.29 is 9.53 Å². The van der Waals surface area contributed by atoms with E-state index in [4.69, 9.17) is 10.6 Å². The molecule has 100 valence electrons. The highest BCUT2D eigenvalue weighted by Gasteiger charge is 2.07. The van der Waals surface area contributed by atoms with E-state index in [0.29, 0.717) is 12.3 Å². The van der Waals surface area contributed by atoms with Crippen molar-refractivity contribution in [2.75, 3.05) is 7.11 Å². The van der Waals surface area contributed by atoms with Crippen molar-refractivity contribution in [3.05, 3.63) is 29.3 Å². The van der Waals surface area contributed by atoms with Crippen molar-refractivity contribution in [3.63, 3.8) is 0 Å². The number of methoxy groups -OCH3 is 1. The second-order valence-electron chi connectivity index (χ2n) is 4.65. The minimum atomic E-state index is -0.131. The van der Waals surface area contributed by atoms with E-state index >= 15 is 0 Å². The summed E-state index contributed by atoms with van der Waals surface area (Å²) < 4.78 is 5.34. The number of nitrogens with one attached hydrogen (secondary N) is 1. The van der Waals surface area contributed by atoms with Crippen molar-refractivity contribution >= 4 is 5.91 Å². The monoisotopic (exact) mass is 250 g/mol. The summed E-state index contributed by atoms with van der Waals surface area (Å²) in [6.45, 7) is 4.32. The van der Waals surface area contributed by atoms with E-state index in [1.54, 1.807) is 7.11 Å². The zero-order valence-electron chi connectivity index (χ0n) is 11.3. The maximum atomic E-state index is 11.1. The lowest BCUT2D eigenvalue weighted by Gasteiger charge is -2.12. The Kier molecular flexibility index (Phi) is 5.65. The lowest BCUT2D eigenvalue weighted by molar-refractivity contribution is -0.121. The van der Waals surface area contributed by atoms with Crippen LogP contribution in [-0.4, -0.2) is 13.0 Å². The van der Waals surface area contributed by atoms with Crippen LogP contribution >= 0.6 is 0 Å². The first-order chi connectivity index (χ1) is 8.58. The fourth-order valence-corrected chi connectivity index (χ4v) is 1.86. The summed E-state index contributed by atoms with van der Waals surface area (Å²) in [5, 5.41) is 0. The molecule has 1 rings (SSSR count). The lowest BCUT2D eigenvalue weighted by atomic mass is 9.98. The molecule has 1 aromatic rings. The molecule has 0 heterocycles. The highest BCUT2D eigenvalue weighted by atomic mass is 16.5. The smallest absolute Gasteiger partial charge is 0.233 e. The van der Waals surface area contributed by atoms with Gasteiger partial charge in [-0.2, -0.15) is 0 Å². The molecule has 0 saturated heterocycles. The number of carbonyl (C=O) groups is 1. The molecule has 0 bridgehead atoms. The number of amides is 1. The van der Waals surface area contributed by atoms with Gasteiger partial charge < -0.3 is 4.74 Å². The maximum Gasteiger partial charge on any atom is 0.233 e. The third kappa shape index (κ3) is 4.04. The summed E-state index contributed by atoms with van der Waals surface area (Å²) in [6.07, 6.45) is 2.02. The molecule has 4 nitrogen and oxygen atoms in total. The molecule has 4 heteroatoms. The normalized spacial score (nSPS) is 10.5. The van der Waals surface area contributed by atoms with Gasteiger partial charge in [0.05, 0.1) is 7.11 Å². The van der Waals surface area contributed by atoms with E-state index < -0.39 is 0 Å². The van der Waals surface area contributed by atoms with Gasteiger partial charge in [-0.25, -0.2) is 5.84 Å². The van der Waals surface area contributed by atoms with Gasteiger partial charge in [-0.1, -0.05) is 26.0 Å². The summed E-state index contributed by atoms with van der Waals surface area (Å²) >= 11 is 0. The number of hydrogen-bond donors (Lipinski definition) is 2. The van der Waals surface area contributed by atoms with Crippen LogP contribution in [0.25, 0.3) is 0 Å². The van der Waals surface area contributed by atoms with Crippen molar-refractivity contribution in [2.24, 2.45) is 5.84 Å². The summed E-state index contributed by atoms with van der Waals surface area (Å²) in [5.74, 6) is 6.29. The number of benzene rings is 1. The Balaban J connectivity index is 2.72. The van der Waals surface area contributed by atoms with Gasteiger partial charge >= 0.3 is 0 Å². The highest BCUT2D eigenvalue weighted by Crippen LogP contribution is 2.25. The maximum absolute atomic E-state index is 11.1. The van der Waals surface area contributed by atoms with E-state index in [2.05, 4.69) is 31.4 Å². The van der Waals surface area contributed by atoms with E-state index in [9.17, 15) is 4.79 Å². The number of carbonyl (C=O) groups excluding carboxylic acids is 1. The predicted octanol–water partition coefficient (Wildman–Crippen LogP) is 2.13. The standard InChI is InChI=1S/C14H22N2O2/c1-10(2)11-7-8-13(18-3)12(9-11)5-4-6-14(17)16-15/h7-10H,4-6,15H2,1-3H3,(H,16,17). The molecule has 0 aromatic heterocycles. The average Bonchev–Trinajstić information content (AvgIpc) is 2.38. The topological polar surface area (TPSA) is 64.3 Å². The molecular weight excluding hydrogens is 228 g/mol. The quantitative estimate of drug-likeness (QED) is 0.462. The Bertz CT molecular complexity index is 403. The number of hydrazine groups is 1. The molecule has 0 aliphatic carbocycles. The molecule has 0 unspecified atom stereocenters. The number of nitrogens with two attached hydrogens (primary N) is 1. The van der Waals surface area contributed by atoms with Crippen LogP contribution in [0.1, 0.15) is 43.7 Å². The van der Waals surface area contributed by atoms with Gasteiger partial charge in [-0.05, 0) is 36.0 Å². The third-order valence-corrected chi connectivity index (χ3v) is 2.98.